The summed E-state index contributed by atoms with van der Waals surface area (Å²) < 4.78 is 5.29. The molecule has 3 rings (SSSR count). The van der Waals surface area contributed by atoms with Crippen LogP contribution < -0.4 is 0 Å². The summed E-state index contributed by atoms with van der Waals surface area (Å²) in [5.74, 6) is 0.448. The number of ketones is 1. The Morgan fingerprint density at radius 1 is 1.04 bits per heavy atom. The van der Waals surface area contributed by atoms with E-state index in [2.05, 4.69) is 0 Å². The molecule has 0 N–H and O–H groups in total. The Morgan fingerprint density at radius 3 is 2.42 bits per heavy atom. The summed E-state index contributed by atoms with van der Waals surface area (Å²) in [5, 5.41) is 1.89. The summed E-state index contributed by atoms with van der Waals surface area (Å²) in [6.45, 7) is 3.87. The zero-order chi connectivity index (χ0) is 18.4. The third-order valence-corrected chi connectivity index (χ3v) is 6.02. The molecular formula is C19H26N2O4S. The smallest absolute Gasteiger partial charge is 0.225 e. The molecule has 3 heterocycles. The number of ether oxygens (including phenoxy) is 1. The van der Waals surface area contributed by atoms with Gasteiger partial charge in [-0.05, 0) is 30.7 Å². The van der Waals surface area contributed by atoms with Crippen molar-refractivity contribution in [2.24, 2.45) is 5.92 Å². The van der Waals surface area contributed by atoms with Crippen molar-refractivity contribution in [3.63, 3.8) is 0 Å². The number of carbonyl (C=O) groups excluding carboxylic acids is 3. The molecule has 0 spiro atoms. The highest BCUT2D eigenvalue weighted by Crippen LogP contribution is 2.21. The molecule has 142 valence electrons. The Balaban J connectivity index is 1.36. The van der Waals surface area contributed by atoms with Crippen LogP contribution in [0.1, 0.15) is 41.8 Å². The number of amides is 2. The number of carbonyl (C=O) groups is 3. The van der Waals surface area contributed by atoms with E-state index in [1.165, 1.54) is 11.3 Å². The first-order valence-electron chi connectivity index (χ1n) is 9.36. The lowest BCUT2D eigenvalue weighted by Crippen LogP contribution is -2.47. The van der Waals surface area contributed by atoms with Crippen LogP contribution in [-0.2, 0) is 14.3 Å². The molecule has 1 aromatic heterocycles. The van der Waals surface area contributed by atoms with Crippen LogP contribution in [0.25, 0.3) is 0 Å². The third kappa shape index (κ3) is 4.92. The third-order valence-electron chi connectivity index (χ3n) is 5.11. The summed E-state index contributed by atoms with van der Waals surface area (Å²) in [4.78, 5) is 41.3. The second-order valence-corrected chi connectivity index (χ2v) is 7.79. The van der Waals surface area contributed by atoms with Gasteiger partial charge in [-0.15, -0.1) is 11.3 Å². The lowest BCUT2D eigenvalue weighted by atomic mass is 9.94. The number of rotatable bonds is 6. The molecule has 0 unspecified atom stereocenters. The number of hydrogen-bond donors (Lipinski definition) is 0. The van der Waals surface area contributed by atoms with E-state index >= 15 is 0 Å². The standard InChI is InChI=1S/C19H26N2O4S/c22-16(17-4-2-14-26-17)3-1-5-18(23)20-8-6-15(7-9-20)19(24)21-10-12-25-13-11-21/h2,4,14-15H,1,3,5-13H2. The normalized spacial score (nSPS) is 18.8. The van der Waals surface area contributed by atoms with E-state index < -0.39 is 0 Å². The minimum Gasteiger partial charge on any atom is -0.378 e. The summed E-state index contributed by atoms with van der Waals surface area (Å²) in [5.41, 5.74) is 0. The number of Topliss-reactive ketones (excluding diaryl/α,β-unsaturated/α-hetero) is 1. The maximum absolute atomic E-state index is 12.5. The topological polar surface area (TPSA) is 66.9 Å². The fraction of sp³-hybridized carbons (Fsp3) is 0.632. The van der Waals surface area contributed by atoms with Gasteiger partial charge in [0.15, 0.2) is 5.78 Å². The largest absolute Gasteiger partial charge is 0.378 e. The molecule has 0 atom stereocenters. The van der Waals surface area contributed by atoms with E-state index in [9.17, 15) is 14.4 Å². The molecule has 0 radical (unpaired) electrons. The molecule has 26 heavy (non-hydrogen) atoms. The fourth-order valence-electron chi connectivity index (χ4n) is 3.54. The lowest BCUT2D eigenvalue weighted by molar-refractivity contribution is -0.143. The molecule has 1 aromatic rings. The number of thiophene rings is 1. The van der Waals surface area contributed by atoms with Gasteiger partial charge in [-0.1, -0.05) is 6.07 Å². The summed E-state index contributed by atoms with van der Waals surface area (Å²) in [6, 6.07) is 3.69. The Kier molecular flexibility index (Phi) is 6.80. The van der Waals surface area contributed by atoms with Crippen LogP contribution in [0.3, 0.4) is 0 Å². The molecule has 0 saturated carbocycles. The van der Waals surface area contributed by atoms with Crippen LogP contribution in [0.5, 0.6) is 0 Å². The molecule has 7 heteroatoms. The summed E-state index contributed by atoms with van der Waals surface area (Å²) >= 11 is 1.44. The zero-order valence-corrected chi connectivity index (χ0v) is 15.8. The van der Waals surface area contributed by atoms with Crippen molar-refractivity contribution >= 4 is 28.9 Å². The van der Waals surface area contributed by atoms with E-state index in [4.69, 9.17) is 4.74 Å². The molecule has 2 fully saturated rings. The van der Waals surface area contributed by atoms with Crippen LogP contribution >= 0.6 is 11.3 Å². The monoisotopic (exact) mass is 378 g/mol. The molecule has 0 aliphatic carbocycles. The molecule has 0 aromatic carbocycles. The Labute approximate surface area is 158 Å². The van der Waals surface area contributed by atoms with E-state index in [1.807, 2.05) is 27.3 Å². The van der Waals surface area contributed by atoms with Gasteiger partial charge in [0.2, 0.25) is 11.8 Å². The molecule has 2 aliphatic rings. The van der Waals surface area contributed by atoms with Crippen LogP contribution in [0, 0.1) is 5.92 Å². The Hall–Kier alpha value is -1.73. The van der Waals surface area contributed by atoms with Crippen molar-refractivity contribution in [3.05, 3.63) is 22.4 Å². The number of morpholine rings is 1. The SMILES string of the molecule is O=C(CCCC(=O)N1CCC(C(=O)N2CCOCC2)CC1)c1cccs1. The molecule has 2 amide bonds. The van der Waals surface area contributed by atoms with Crippen LogP contribution in [0.2, 0.25) is 0 Å². The van der Waals surface area contributed by atoms with Crippen molar-refractivity contribution in [2.45, 2.75) is 32.1 Å². The minimum absolute atomic E-state index is 0.0255. The van der Waals surface area contributed by atoms with Crippen molar-refractivity contribution < 1.29 is 19.1 Å². The minimum atomic E-state index is 0.0255. The predicted molar refractivity (Wildman–Crippen MR) is 99.2 cm³/mol. The average Bonchev–Trinajstić information content (AvgIpc) is 3.23. The van der Waals surface area contributed by atoms with Crippen molar-refractivity contribution in [3.8, 4) is 0 Å². The second kappa shape index (κ2) is 9.28. The molecule has 6 nitrogen and oxygen atoms in total. The Bertz CT molecular complexity index is 617. The van der Waals surface area contributed by atoms with Crippen LogP contribution in [0.15, 0.2) is 17.5 Å². The highest BCUT2D eigenvalue weighted by molar-refractivity contribution is 7.12. The number of likely N-dealkylation sites (tertiary alicyclic amines) is 1. The van der Waals surface area contributed by atoms with Gasteiger partial charge in [-0.3, -0.25) is 14.4 Å². The quantitative estimate of drug-likeness (QED) is 0.712. The maximum Gasteiger partial charge on any atom is 0.225 e. The highest BCUT2D eigenvalue weighted by Gasteiger charge is 2.30. The first-order valence-corrected chi connectivity index (χ1v) is 10.2. The molecule has 0 bridgehead atoms. The van der Waals surface area contributed by atoms with Gasteiger partial charge in [0.1, 0.15) is 0 Å². The second-order valence-electron chi connectivity index (χ2n) is 6.85. The van der Waals surface area contributed by atoms with Gasteiger partial charge in [-0.25, -0.2) is 0 Å². The van der Waals surface area contributed by atoms with Gasteiger partial charge in [0.05, 0.1) is 18.1 Å². The lowest BCUT2D eigenvalue weighted by Gasteiger charge is -2.35. The summed E-state index contributed by atoms with van der Waals surface area (Å²) in [6.07, 6.45) is 2.87. The first-order chi connectivity index (χ1) is 12.6. The van der Waals surface area contributed by atoms with Crippen molar-refractivity contribution in [1.29, 1.82) is 0 Å². The molecule has 2 aliphatic heterocycles. The van der Waals surface area contributed by atoms with Gasteiger partial charge < -0.3 is 14.5 Å². The zero-order valence-electron chi connectivity index (χ0n) is 15.0. The number of nitrogens with zero attached hydrogens (tertiary/aromatic N) is 2. The number of hydrogen-bond acceptors (Lipinski definition) is 5. The van der Waals surface area contributed by atoms with Gasteiger partial charge in [0, 0.05) is 44.9 Å². The van der Waals surface area contributed by atoms with Crippen LogP contribution in [0.4, 0.5) is 0 Å². The van der Waals surface area contributed by atoms with Crippen molar-refractivity contribution in [1.82, 2.24) is 9.80 Å². The van der Waals surface area contributed by atoms with Gasteiger partial charge in [-0.2, -0.15) is 0 Å². The van der Waals surface area contributed by atoms with Crippen LogP contribution in [-0.4, -0.2) is 66.8 Å². The Morgan fingerprint density at radius 2 is 1.77 bits per heavy atom. The van der Waals surface area contributed by atoms with Crippen molar-refractivity contribution in [2.75, 3.05) is 39.4 Å². The van der Waals surface area contributed by atoms with Gasteiger partial charge in [0.25, 0.3) is 0 Å². The molecular weight excluding hydrogens is 352 g/mol. The summed E-state index contributed by atoms with van der Waals surface area (Å²) in [7, 11) is 0. The molecule has 2 saturated heterocycles. The van der Waals surface area contributed by atoms with E-state index in [0.717, 1.165) is 17.7 Å². The maximum atomic E-state index is 12.5. The highest BCUT2D eigenvalue weighted by atomic mass is 32.1. The average molecular weight is 378 g/mol. The van der Waals surface area contributed by atoms with E-state index in [0.29, 0.717) is 58.7 Å². The number of piperidine rings is 1. The fourth-order valence-corrected chi connectivity index (χ4v) is 4.23. The van der Waals surface area contributed by atoms with Gasteiger partial charge >= 0.3 is 0 Å². The van der Waals surface area contributed by atoms with E-state index in [-0.39, 0.29) is 23.5 Å². The predicted octanol–water partition coefficient (Wildman–Crippen LogP) is 2.20. The van der Waals surface area contributed by atoms with E-state index in [1.54, 1.807) is 0 Å². The first kappa shape index (κ1) is 19.0.